The zero-order valence-electron chi connectivity index (χ0n) is 14.4. The Morgan fingerprint density at radius 2 is 1.81 bits per heavy atom. The van der Waals surface area contributed by atoms with Crippen LogP contribution in [0.5, 0.6) is 0 Å². The van der Waals surface area contributed by atoms with Gasteiger partial charge < -0.3 is 10.6 Å². The van der Waals surface area contributed by atoms with Gasteiger partial charge in [-0.2, -0.15) is 0 Å². The lowest BCUT2D eigenvalue weighted by atomic mass is 10.2. The highest BCUT2D eigenvalue weighted by Crippen LogP contribution is 2.14. The van der Waals surface area contributed by atoms with Gasteiger partial charge in [0, 0.05) is 29.8 Å². The molecule has 0 fully saturated rings. The molecular formula is C19H19ClN4O2S. The van der Waals surface area contributed by atoms with E-state index in [2.05, 4.69) is 21.5 Å². The van der Waals surface area contributed by atoms with E-state index in [0.29, 0.717) is 10.7 Å². The van der Waals surface area contributed by atoms with E-state index in [-0.39, 0.29) is 29.9 Å². The average Bonchev–Trinajstić information content (AvgIpc) is 2.65. The smallest absolute Gasteiger partial charge is 0.244 e. The first kappa shape index (κ1) is 20.4. The van der Waals surface area contributed by atoms with Crippen molar-refractivity contribution in [1.82, 2.24) is 16.2 Å². The van der Waals surface area contributed by atoms with Crippen molar-refractivity contribution in [1.29, 1.82) is 0 Å². The van der Waals surface area contributed by atoms with Gasteiger partial charge in [-0.3, -0.25) is 20.4 Å². The maximum Gasteiger partial charge on any atom is 0.244 e. The molecule has 0 unspecified atom stereocenters. The van der Waals surface area contributed by atoms with Gasteiger partial charge in [-0.1, -0.05) is 48.0 Å². The highest BCUT2D eigenvalue weighted by Gasteiger charge is 2.04. The number of anilines is 1. The standard InChI is InChI=1S/C19H19ClN4O2S/c20-15-7-4-8-16(13-15)22-19(27)24-23-18(26)11-12-21-17(25)10-9-14-5-2-1-3-6-14/h1-10,13H,11-12H2,(H,21,25)(H,23,26)(H2,22,24,27)/b10-9+. The molecule has 0 bridgehead atoms. The first-order valence-electron chi connectivity index (χ1n) is 8.15. The van der Waals surface area contributed by atoms with Crippen LogP contribution in [0, 0.1) is 0 Å². The largest absolute Gasteiger partial charge is 0.352 e. The number of rotatable bonds is 6. The van der Waals surface area contributed by atoms with E-state index in [1.165, 1.54) is 6.08 Å². The Kier molecular flexibility index (Phi) is 8.28. The Morgan fingerprint density at radius 3 is 2.56 bits per heavy atom. The van der Waals surface area contributed by atoms with Crippen molar-refractivity contribution >= 4 is 52.5 Å². The zero-order valence-corrected chi connectivity index (χ0v) is 15.9. The number of benzene rings is 2. The van der Waals surface area contributed by atoms with Crippen LogP contribution >= 0.6 is 23.8 Å². The lowest BCUT2D eigenvalue weighted by Crippen LogP contribution is -2.44. The van der Waals surface area contributed by atoms with E-state index in [4.69, 9.17) is 23.8 Å². The van der Waals surface area contributed by atoms with Gasteiger partial charge in [0.1, 0.15) is 0 Å². The molecule has 2 aromatic rings. The van der Waals surface area contributed by atoms with E-state index < -0.39 is 0 Å². The predicted molar refractivity (Wildman–Crippen MR) is 112 cm³/mol. The summed E-state index contributed by atoms with van der Waals surface area (Å²) in [6, 6.07) is 16.5. The van der Waals surface area contributed by atoms with Gasteiger partial charge in [-0.25, -0.2) is 0 Å². The molecule has 2 aromatic carbocycles. The summed E-state index contributed by atoms with van der Waals surface area (Å²) < 4.78 is 0. The van der Waals surface area contributed by atoms with Crippen molar-refractivity contribution in [3.8, 4) is 0 Å². The van der Waals surface area contributed by atoms with E-state index in [0.717, 1.165) is 5.56 Å². The lowest BCUT2D eigenvalue weighted by molar-refractivity contribution is -0.121. The topological polar surface area (TPSA) is 82.3 Å². The Morgan fingerprint density at radius 1 is 1.04 bits per heavy atom. The van der Waals surface area contributed by atoms with Crippen molar-refractivity contribution in [3.63, 3.8) is 0 Å². The number of hydrazine groups is 1. The second-order valence-electron chi connectivity index (χ2n) is 5.42. The summed E-state index contributed by atoms with van der Waals surface area (Å²) in [5.41, 5.74) is 6.67. The molecule has 140 valence electrons. The van der Waals surface area contributed by atoms with Crippen LogP contribution in [0.4, 0.5) is 5.69 Å². The van der Waals surface area contributed by atoms with Crippen LogP contribution in [0.1, 0.15) is 12.0 Å². The molecule has 4 N–H and O–H groups in total. The van der Waals surface area contributed by atoms with E-state index >= 15 is 0 Å². The van der Waals surface area contributed by atoms with E-state index in [9.17, 15) is 9.59 Å². The van der Waals surface area contributed by atoms with Crippen LogP contribution in [0.3, 0.4) is 0 Å². The second-order valence-corrected chi connectivity index (χ2v) is 6.27. The molecule has 27 heavy (non-hydrogen) atoms. The van der Waals surface area contributed by atoms with Gasteiger partial charge in [0.05, 0.1) is 0 Å². The third-order valence-corrected chi connectivity index (χ3v) is 3.72. The van der Waals surface area contributed by atoms with Crippen molar-refractivity contribution in [2.75, 3.05) is 11.9 Å². The van der Waals surface area contributed by atoms with Gasteiger partial charge in [0.15, 0.2) is 5.11 Å². The SMILES string of the molecule is O=C(/C=C/c1ccccc1)NCCC(=O)NNC(=S)Nc1cccc(Cl)c1. The molecule has 0 heterocycles. The first-order chi connectivity index (χ1) is 13.0. The summed E-state index contributed by atoms with van der Waals surface area (Å²) in [5, 5.41) is 6.32. The summed E-state index contributed by atoms with van der Waals surface area (Å²) in [5.74, 6) is -0.574. The molecule has 6 nitrogen and oxygen atoms in total. The highest BCUT2D eigenvalue weighted by molar-refractivity contribution is 7.80. The summed E-state index contributed by atoms with van der Waals surface area (Å²) >= 11 is 11.0. The van der Waals surface area contributed by atoms with Crippen LogP contribution in [-0.2, 0) is 9.59 Å². The molecule has 0 saturated carbocycles. The molecule has 0 aromatic heterocycles. The van der Waals surface area contributed by atoms with Crippen LogP contribution in [0.25, 0.3) is 6.08 Å². The van der Waals surface area contributed by atoms with Crippen molar-refractivity contribution in [3.05, 3.63) is 71.3 Å². The molecule has 0 aliphatic heterocycles. The van der Waals surface area contributed by atoms with Gasteiger partial charge in [0.2, 0.25) is 11.8 Å². The molecule has 0 atom stereocenters. The Labute approximate surface area is 168 Å². The fraction of sp³-hybridized carbons (Fsp3) is 0.105. The van der Waals surface area contributed by atoms with Crippen LogP contribution in [-0.4, -0.2) is 23.5 Å². The van der Waals surface area contributed by atoms with Gasteiger partial charge in [-0.05, 0) is 42.1 Å². The lowest BCUT2D eigenvalue weighted by Gasteiger charge is -2.11. The quantitative estimate of drug-likeness (QED) is 0.339. The fourth-order valence-electron chi connectivity index (χ4n) is 2.01. The minimum atomic E-state index is -0.308. The third-order valence-electron chi connectivity index (χ3n) is 3.28. The third kappa shape index (κ3) is 8.35. The number of nitrogens with one attached hydrogen (secondary N) is 4. The molecule has 0 aliphatic carbocycles. The van der Waals surface area contributed by atoms with E-state index in [1.807, 2.05) is 30.3 Å². The minimum absolute atomic E-state index is 0.109. The Hall–Kier alpha value is -2.90. The van der Waals surface area contributed by atoms with Gasteiger partial charge in [-0.15, -0.1) is 0 Å². The molecule has 0 radical (unpaired) electrons. The first-order valence-corrected chi connectivity index (χ1v) is 8.94. The summed E-state index contributed by atoms with van der Waals surface area (Å²) in [4.78, 5) is 23.5. The van der Waals surface area contributed by atoms with Crippen LogP contribution in [0.2, 0.25) is 5.02 Å². The average molecular weight is 403 g/mol. The number of hydrogen-bond acceptors (Lipinski definition) is 3. The molecule has 8 heteroatoms. The second kappa shape index (κ2) is 10.9. The molecule has 0 aliphatic rings. The summed E-state index contributed by atoms with van der Waals surface area (Å²) in [7, 11) is 0. The molecular weight excluding hydrogens is 384 g/mol. The fourth-order valence-corrected chi connectivity index (χ4v) is 2.37. The number of carbonyl (C=O) groups is 2. The maximum absolute atomic E-state index is 11.8. The van der Waals surface area contributed by atoms with Gasteiger partial charge >= 0.3 is 0 Å². The van der Waals surface area contributed by atoms with Crippen molar-refractivity contribution in [2.45, 2.75) is 6.42 Å². The number of amides is 2. The number of thiocarbonyl (C=S) groups is 1. The predicted octanol–water partition coefficient (Wildman–Crippen LogP) is 2.88. The molecule has 0 saturated heterocycles. The maximum atomic E-state index is 11.8. The minimum Gasteiger partial charge on any atom is -0.352 e. The Balaban J connectivity index is 1.62. The van der Waals surface area contributed by atoms with Crippen molar-refractivity contribution in [2.24, 2.45) is 0 Å². The van der Waals surface area contributed by atoms with E-state index in [1.54, 1.807) is 30.3 Å². The normalized spacial score (nSPS) is 10.3. The van der Waals surface area contributed by atoms with Gasteiger partial charge in [0.25, 0.3) is 0 Å². The Bertz CT molecular complexity index is 827. The monoisotopic (exact) mass is 402 g/mol. The highest BCUT2D eigenvalue weighted by atomic mass is 35.5. The number of hydrogen-bond donors (Lipinski definition) is 4. The molecule has 2 rings (SSSR count). The van der Waals surface area contributed by atoms with Crippen LogP contribution < -0.4 is 21.5 Å². The molecule has 2 amide bonds. The summed E-state index contributed by atoms with van der Waals surface area (Å²) in [6.07, 6.45) is 3.24. The van der Waals surface area contributed by atoms with Crippen LogP contribution in [0.15, 0.2) is 60.7 Å². The number of carbonyl (C=O) groups excluding carboxylic acids is 2. The zero-order chi connectivity index (χ0) is 19.5. The van der Waals surface area contributed by atoms with Crippen molar-refractivity contribution < 1.29 is 9.59 Å². The molecule has 0 spiro atoms. The number of halogens is 1. The summed E-state index contributed by atoms with van der Waals surface area (Å²) in [6.45, 7) is 0.208.